The van der Waals surface area contributed by atoms with E-state index in [9.17, 15) is 4.79 Å². The lowest BCUT2D eigenvalue weighted by Crippen LogP contribution is -2.08. The number of aromatic amines is 1. The van der Waals surface area contributed by atoms with Gasteiger partial charge in [-0.3, -0.25) is 4.79 Å². The van der Waals surface area contributed by atoms with Crippen LogP contribution in [0.2, 0.25) is 0 Å². The number of aryl methyl sites for hydroxylation is 1. The summed E-state index contributed by atoms with van der Waals surface area (Å²) < 4.78 is 0. The number of allylic oxidation sites excluding steroid dienone is 2. The molecule has 0 unspecified atom stereocenters. The molecule has 1 rings (SSSR count). The third-order valence-electron chi connectivity index (χ3n) is 1.41. The molecule has 0 spiro atoms. The van der Waals surface area contributed by atoms with Crippen LogP contribution in [0.25, 0.3) is 6.08 Å². The van der Waals surface area contributed by atoms with Crippen LogP contribution in [0.3, 0.4) is 0 Å². The molecule has 0 saturated heterocycles. The summed E-state index contributed by atoms with van der Waals surface area (Å²) in [6.07, 6.45) is 6.48. The number of aromatic nitrogens is 2. The Morgan fingerprint density at radius 2 is 2.42 bits per heavy atom. The quantitative estimate of drug-likeness (QED) is 0.666. The first-order valence-electron chi connectivity index (χ1n) is 3.59. The number of rotatable bonds is 2. The molecule has 1 aromatic heterocycles. The van der Waals surface area contributed by atoms with Crippen molar-refractivity contribution in [2.75, 3.05) is 0 Å². The molecule has 0 atom stereocenters. The lowest BCUT2D eigenvalue weighted by atomic mass is 10.3. The Hall–Kier alpha value is -1.64. The van der Waals surface area contributed by atoms with Crippen molar-refractivity contribution in [3.05, 3.63) is 46.7 Å². The molecule has 0 bridgehead atoms. The Morgan fingerprint density at radius 1 is 1.67 bits per heavy atom. The van der Waals surface area contributed by atoms with Crippen LogP contribution < -0.4 is 5.56 Å². The average molecular weight is 162 g/mol. The Balaban J connectivity index is 3.09. The van der Waals surface area contributed by atoms with Gasteiger partial charge in [-0.15, -0.1) is 0 Å². The van der Waals surface area contributed by atoms with Gasteiger partial charge in [0.1, 0.15) is 0 Å². The van der Waals surface area contributed by atoms with Gasteiger partial charge in [-0.2, -0.15) is 0 Å². The minimum Gasteiger partial charge on any atom is -0.323 e. The number of nitrogens with zero attached hydrogens (tertiary/aromatic N) is 1. The summed E-state index contributed by atoms with van der Waals surface area (Å²) in [4.78, 5) is 17.3. The molecule has 0 radical (unpaired) electrons. The second-order valence-corrected chi connectivity index (χ2v) is 2.35. The topological polar surface area (TPSA) is 45.8 Å². The normalized spacial score (nSPS) is 10.4. The predicted molar refractivity (Wildman–Crippen MR) is 48.8 cm³/mol. The Kier molecular flexibility index (Phi) is 2.58. The van der Waals surface area contributed by atoms with Gasteiger partial charge in [0, 0.05) is 5.69 Å². The molecule has 0 aliphatic heterocycles. The van der Waals surface area contributed by atoms with Gasteiger partial charge >= 0.3 is 0 Å². The van der Waals surface area contributed by atoms with Crippen LogP contribution in [-0.4, -0.2) is 9.97 Å². The monoisotopic (exact) mass is 162 g/mol. The molecule has 12 heavy (non-hydrogen) atoms. The number of nitrogens with one attached hydrogen (secondary N) is 1. The van der Waals surface area contributed by atoms with Gasteiger partial charge in [0.25, 0.3) is 5.56 Å². The first-order chi connectivity index (χ1) is 5.74. The van der Waals surface area contributed by atoms with Gasteiger partial charge in [0.2, 0.25) is 0 Å². The van der Waals surface area contributed by atoms with Crippen LogP contribution >= 0.6 is 0 Å². The van der Waals surface area contributed by atoms with E-state index in [1.807, 2.05) is 0 Å². The molecular weight excluding hydrogens is 152 g/mol. The maximum atomic E-state index is 10.8. The maximum Gasteiger partial charge on any atom is 0.266 e. The summed E-state index contributed by atoms with van der Waals surface area (Å²) in [6, 6.07) is 0. The fourth-order valence-electron chi connectivity index (χ4n) is 0.833. The molecule has 0 amide bonds. The molecule has 62 valence electrons. The highest BCUT2D eigenvalue weighted by atomic mass is 16.1. The van der Waals surface area contributed by atoms with Crippen molar-refractivity contribution in [1.82, 2.24) is 9.97 Å². The van der Waals surface area contributed by atoms with E-state index in [1.165, 1.54) is 6.20 Å². The van der Waals surface area contributed by atoms with E-state index in [0.29, 0.717) is 0 Å². The van der Waals surface area contributed by atoms with Crippen molar-refractivity contribution in [1.29, 1.82) is 0 Å². The van der Waals surface area contributed by atoms with Gasteiger partial charge in [-0.25, -0.2) is 4.98 Å². The van der Waals surface area contributed by atoms with Crippen molar-refractivity contribution in [3.8, 4) is 0 Å². The highest BCUT2D eigenvalue weighted by Crippen LogP contribution is 1.99. The van der Waals surface area contributed by atoms with Gasteiger partial charge in [0.05, 0.1) is 11.9 Å². The molecule has 0 aliphatic rings. The van der Waals surface area contributed by atoms with Crippen molar-refractivity contribution < 1.29 is 0 Å². The van der Waals surface area contributed by atoms with Crippen LogP contribution in [0.1, 0.15) is 11.4 Å². The maximum absolute atomic E-state index is 10.8. The molecule has 1 heterocycles. The molecule has 3 heteroatoms. The van der Waals surface area contributed by atoms with E-state index >= 15 is 0 Å². The van der Waals surface area contributed by atoms with Crippen LogP contribution in [0.5, 0.6) is 0 Å². The van der Waals surface area contributed by atoms with E-state index in [4.69, 9.17) is 0 Å². The van der Waals surface area contributed by atoms with E-state index in [-0.39, 0.29) is 5.56 Å². The highest BCUT2D eigenvalue weighted by molar-refractivity contribution is 5.48. The van der Waals surface area contributed by atoms with Crippen molar-refractivity contribution in [2.45, 2.75) is 6.92 Å². The third kappa shape index (κ3) is 1.92. The minimum absolute atomic E-state index is 0.178. The molecular formula is C9H10N2O. The fourth-order valence-corrected chi connectivity index (χ4v) is 0.833. The zero-order chi connectivity index (χ0) is 8.97. The van der Waals surface area contributed by atoms with E-state index < -0.39 is 0 Å². The average Bonchev–Trinajstić information content (AvgIpc) is 2.03. The van der Waals surface area contributed by atoms with Crippen molar-refractivity contribution in [3.63, 3.8) is 0 Å². The van der Waals surface area contributed by atoms with Crippen molar-refractivity contribution in [2.24, 2.45) is 0 Å². The summed E-state index contributed by atoms with van der Waals surface area (Å²) >= 11 is 0. The largest absolute Gasteiger partial charge is 0.323 e. The molecule has 0 aliphatic carbocycles. The second-order valence-electron chi connectivity index (χ2n) is 2.35. The SMILES string of the molecule is C=C/C=C\c1ncc(=O)[nH]c1C. The first-order valence-corrected chi connectivity index (χ1v) is 3.59. The molecule has 3 nitrogen and oxygen atoms in total. The summed E-state index contributed by atoms with van der Waals surface area (Å²) in [5.74, 6) is 0. The molecule has 1 N–H and O–H groups in total. The smallest absolute Gasteiger partial charge is 0.266 e. The first kappa shape index (κ1) is 8.46. The Morgan fingerprint density at radius 3 is 3.00 bits per heavy atom. The zero-order valence-corrected chi connectivity index (χ0v) is 6.87. The summed E-state index contributed by atoms with van der Waals surface area (Å²) in [5.41, 5.74) is 1.35. The molecule has 1 aromatic rings. The van der Waals surface area contributed by atoms with E-state index in [2.05, 4.69) is 16.5 Å². The minimum atomic E-state index is -0.178. The number of hydrogen-bond donors (Lipinski definition) is 1. The predicted octanol–water partition coefficient (Wildman–Crippen LogP) is 1.28. The lowest BCUT2D eigenvalue weighted by molar-refractivity contribution is 1.05. The molecule has 0 fully saturated rings. The van der Waals surface area contributed by atoms with Crippen LogP contribution in [0.4, 0.5) is 0 Å². The van der Waals surface area contributed by atoms with Crippen LogP contribution in [-0.2, 0) is 0 Å². The van der Waals surface area contributed by atoms with Gasteiger partial charge in [0.15, 0.2) is 0 Å². The fraction of sp³-hybridized carbons (Fsp3) is 0.111. The van der Waals surface area contributed by atoms with Crippen molar-refractivity contribution >= 4 is 6.08 Å². The van der Waals surface area contributed by atoms with E-state index in [1.54, 1.807) is 25.2 Å². The summed E-state index contributed by atoms with van der Waals surface area (Å²) in [5, 5.41) is 0. The standard InChI is InChI=1S/C9H10N2O/c1-3-4-5-8-7(2)11-9(12)6-10-8/h3-6H,1H2,2H3,(H,11,12)/b5-4-. The number of H-pyrrole nitrogens is 1. The Labute approximate surface area is 70.5 Å². The van der Waals surface area contributed by atoms with Crippen LogP contribution in [0, 0.1) is 6.92 Å². The van der Waals surface area contributed by atoms with Crippen LogP contribution in [0.15, 0.2) is 29.7 Å². The van der Waals surface area contributed by atoms with Gasteiger partial charge < -0.3 is 4.98 Å². The lowest BCUT2D eigenvalue weighted by Gasteiger charge is -1.95. The van der Waals surface area contributed by atoms with Gasteiger partial charge in [-0.1, -0.05) is 18.7 Å². The third-order valence-corrected chi connectivity index (χ3v) is 1.41. The highest BCUT2D eigenvalue weighted by Gasteiger charge is 1.93. The summed E-state index contributed by atoms with van der Waals surface area (Å²) in [7, 11) is 0. The summed E-state index contributed by atoms with van der Waals surface area (Å²) in [6.45, 7) is 5.34. The molecule has 0 saturated carbocycles. The molecule has 0 aromatic carbocycles. The van der Waals surface area contributed by atoms with Gasteiger partial charge in [-0.05, 0) is 13.0 Å². The van der Waals surface area contributed by atoms with E-state index in [0.717, 1.165) is 11.4 Å². The number of hydrogen-bond acceptors (Lipinski definition) is 2. The zero-order valence-electron chi connectivity index (χ0n) is 6.87. The Bertz CT molecular complexity index is 363. The second kappa shape index (κ2) is 3.67.